The minimum absolute atomic E-state index is 0.297. The molecule has 0 saturated heterocycles. The van der Waals surface area contributed by atoms with Crippen molar-refractivity contribution in [3.8, 4) is 0 Å². The lowest BCUT2D eigenvalue weighted by Crippen LogP contribution is -2.14. The monoisotopic (exact) mass is 358 g/mol. The first kappa shape index (κ1) is 14.2. The largest absolute Gasteiger partial charge is 0.398 e. The van der Waals surface area contributed by atoms with Crippen LogP contribution in [0.2, 0.25) is 10.0 Å². The van der Waals surface area contributed by atoms with Crippen LogP contribution in [0, 0.1) is 0 Å². The lowest BCUT2D eigenvalue weighted by molar-refractivity contribution is 0.102. The molecule has 3 N–H and O–H groups in total. The van der Waals surface area contributed by atoms with E-state index in [1.807, 2.05) is 0 Å². The summed E-state index contributed by atoms with van der Waals surface area (Å²) in [6.07, 6.45) is 0. The molecule has 0 fully saturated rings. The first-order valence-corrected chi connectivity index (χ1v) is 6.84. The molecule has 2 aromatic rings. The summed E-state index contributed by atoms with van der Waals surface area (Å²) in [7, 11) is 0. The zero-order valence-corrected chi connectivity index (χ0v) is 12.7. The third-order valence-electron chi connectivity index (χ3n) is 2.46. The van der Waals surface area contributed by atoms with Gasteiger partial charge >= 0.3 is 0 Å². The Morgan fingerprint density at radius 3 is 2.68 bits per heavy atom. The van der Waals surface area contributed by atoms with Gasteiger partial charge in [0.2, 0.25) is 0 Å². The van der Waals surface area contributed by atoms with E-state index >= 15 is 0 Å². The topological polar surface area (TPSA) is 55.1 Å². The van der Waals surface area contributed by atoms with E-state index in [9.17, 15) is 4.79 Å². The van der Waals surface area contributed by atoms with Crippen molar-refractivity contribution in [1.29, 1.82) is 0 Å². The van der Waals surface area contributed by atoms with Crippen LogP contribution in [0.4, 0.5) is 11.4 Å². The smallest absolute Gasteiger partial charge is 0.257 e. The van der Waals surface area contributed by atoms with Crippen LogP contribution < -0.4 is 11.1 Å². The fourth-order valence-electron chi connectivity index (χ4n) is 1.52. The Morgan fingerprint density at radius 2 is 1.95 bits per heavy atom. The molecule has 19 heavy (non-hydrogen) atoms. The maximum absolute atomic E-state index is 12.1. The Bertz CT molecular complexity index is 647. The van der Waals surface area contributed by atoms with E-state index in [0.29, 0.717) is 27.0 Å². The normalized spacial score (nSPS) is 10.3. The average molecular weight is 360 g/mol. The number of nitrogens with one attached hydrogen (secondary N) is 1. The Balaban J connectivity index is 2.31. The molecule has 0 spiro atoms. The maximum atomic E-state index is 12.1. The van der Waals surface area contributed by atoms with E-state index in [0.717, 1.165) is 4.47 Å². The van der Waals surface area contributed by atoms with E-state index < -0.39 is 0 Å². The SMILES string of the molecule is Nc1ccc(Br)cc1C(=O)Nc1cccc(Cl)c1Cl. The number of nitrogens with two attached hydrogens (primary N) is 1. The fraction of sp³-hybridized carbons (Fsp3) is 0. The molecule has 98 valence electrons. The minimum atomic E-state index is -0.344. The van der Waals surface area contributed by atoms with Crippen LogP contribution in [0.3, 0.4) is 0 Å². The number of carbonyl (C=O) groups excluding carboxylic acids is 1. The molecule has 1 amide bonds. The van der Waals surface area contributed by atoms with Crippen LogP contribution in [0.15, 0.2) is 40.9 Å². The molecule has 6 heteroatoms. The highest BCUT2D eigenvalue weighted by molar-refractivity contribution is 9.10. The van der Waals surface area contributed by atoms with E-state index in [4.69, 9.17) is 28.9 Å². The quantitative estimate of drug-likeness (QED) is 0.770. The van der Waals surface area contributed by atoms with E-state index in [2.05, 4.69) is 21.2 Å². The summed E-state index contributed by atoms with van der Waals surface area (Å²) in [6.45, 7) is 0. The van der Waals surface area contributed by atoms with Crippen LogP contribution in [0.25, 0.3) is 0 Å². The number of carbonyl (C=O) groups is 1. The summed E-state index contributed by atoms with van der Waals surface area (Å²) < 4.78 is 0.768. The van der Waals surface area contributed by atoms with Crippen molar-refractivity contribution < 1.29 is 4.79 Å². The summed E-state index contributed by atoms with van der Waals surface area (Å²) >= 11 is 15.2. The first-order chi connectivity index (χ1) is 8.99. The molecule has 0 aliphatic carbocycles. The number of halogens is 3. The van der Waals surface area contributed by atoms with Crippen molar-refractivity contribution in [3.05, 3.63) is 56.5 Å². The number of amides is 1. The van der Waals surface area contributed by atoms with E-state index in [-0.39, 0.29) is 5.91 Å². The summed E-state index contributed by atoms with van der Waals surface area (Å²) in [5, 5.41) is 3.35. The zero-order chi connectivity index (χ0) is 14.0. The number of hydrogen-bond acceptors (Lipinski definition) is 2. The number of anilines is 2. The molecule has 0 aliphatic heterocycles. The highest BCUT2D eigenvalue weighted by Crippen LogP contribution is 2.30. The number of nitrogen functional groups attached to an aromatic ring is 1. The molecule has 2 aromatic carbocycles. The summed E-state index contributed by atoms with van der Waals surface area (Å²) in [4.78, 5) is 12.1. The van der Waals surface area contributed by atoms with Gasteiger partial charge in [0.15, 0.2) is 0 Å². The molecule has 0 atom stereocenters. The van der Waals surface area contributed by atoms with Crippen LogP contribution >= 0.6 is 39.1 Å². The molecule has 2 rings (SSSR count). The third-order valence-corrected chi connectivity index (χ3v) is 3.77. The fourth-order valence-corrected chi connectivity index (χ4v) is 2.22. The average Bonchev–Trinajstić information content (AvgIpc) is 2.38. The van der Waals surface area contributed by atoms with Gasteiger partial charge in [-0.15, -0.1) is 0 Å². The van der Waals surface area contributed by atoms with Gasteiger partial charge in [0.05, 0.1) is 21.3 Å². The van der Waals surface area contributed by atoms with Gasteiger partial charge in [0, 0.05) is 10.2 Å². The lowest BCUT2D eigenvalue weighted by atomic mass is 10.1. The third kappa shape index (κ3) is 3.21. The zero-order valence-electron chi connectivity index (χ0n) is 9.58. The van der Waals surface area contributed by atoms with Crippen LogP contribution in [-0.4, -0.2) is 5.91 Å². The van der Waals surface area contributed by atoms with Gasteiger partial charge < -0.3 is 11.1 Å². The highest BCUT2D eigenvalue weighted by atomic mass is 79.9. The molecule has 0 heterocycles. The van der Waals surface area contributed by atoms with Crippen molar-refractivity contribution >= 4 is 56.4 Å². The number of rotatable bonds is 2. The Morgan fingerprint density at radius 1 is 1.21 bits per heavy atom. The second kappa shape index (κ2) is 5.82. The number of hydrogen-bond donors (Lipinski definition) is 2. The molecule has 0 bridgehead atoms. The molecule has 0 aromatic heterocycles. The van der Waals surface area contributed by atoms with Gasteiger partial charge in [-0.1, -0.05) is 45.2 Å². The molecular formula is C13H9BrCl2N2O. The van der Waals surface area contributed by atoms with Crippen molar-refractivity contribution in [1.82, 2.24) is 0 Å². The number of benzene rings is 2. The van der Waals surface area contributed by atoms with Crippen LogP contribution in [-0.2, 0) is 0 Å². The van der Waals surface area contributed by atoms with Gasteiger partial charge in [-0.05, 0) is 30.3 Å². The standard InChI is InChI=1S/C13H9BrCl2N2O/c14-7-4-5-10(17)8(6-7)13(19)18-11-3-1-2-9(15)12(11)16/h1-6H,17H2,(H,18,19). The molecule has 0 radical (unpaired) electrons. The van der Waals surface area contributed by atoms with Gasteiger partial charge in [-0.2, -0.15) is 0 Å². The summed E-state index contributed by atoms with van der Waals surface area (Å²) in [6, 6.07) is 10.1. The minimum Gasteiger partial charge on any atom is -0.398 e. The van der Waals surface area contributed by atoms with Gasteiger partial charge in [-0.3, -0.25) is 4.79 Å². The van der Waals surface area contributed by atoms with Crippen molar-refractivity contribution in [3.63, 3.8) is 0 Å². The summed E-state index contributed by atoms with van der Waals surface area (Å²) in [5.74, 6) is -0.344. The second-order valence-electron chi connectivity index (χ2n) is 3.79. The summed E-state index contributed by atoms with van der Waals surface area (Å²) in [5.41, 5.74) is 6.97. The highest BCUT2D eigenvalue weighted by Gasteiger charge is 2.13. The Kier molecular flexibility index (Phi) is 4.34. The predicted octanol–water partition coefficient (Wildman–Crippen LogP) is 4.59. The van der Waals surface area contributed by atoms with Crippen molar-refractivity contribution in [2.75, 3.05) is 11.1 Å². The van der Waals surface area contributed by atoms with Gasteiger partial charge in [0.25, 0.3) is 5.91 Å². The molecule has 0 saturated carbocycles. The van der Waals surface area contributed by atoms with Crippen LogP contribution in [0.5, 0.6) is 0 Å². The Hall–Kier alpha value is -1.23. The molecular weight excluding hydrogens is 351 g/mol. The molecule has 0 unspecified atom stereocenters. The van der Waals surface area contributed by atoms with Gasteiger partial charge in [-0.25, -0.2) is 0 Å². The Labute approximate surface area is 128 Å². The lowest BCUT2D eigenvalue weighted by Gasteiger charge is -2.10. The predicted molar refractivity (Wildman–Crippen MR) is 83.0 cm³/mol. The second-order valence-corrected chi connectivity index (χ2v) is 5.49. The van der Waals surface area contributed by atoms with Crippen LogP contribution in [0.1, 0.15) is 10.4 Å². The maximum Gasteiger partial charge on any atom is 0.257 e. The first-order valence-electron chi connectivity index (χ1n) is 5.29. The molecule has 0 aliphatic rings. The molecule has 3 nitrogen and oxygen atoms in total. The van der Waals surface area contributed by atoms with E-state index in [1.54, 1.807) is 36.4 Å². The van der Waals surface area contributed by atoms with Crippen molar-refractivity contribution in [2.24, 2.45) is 0 Å². The van der Waals surface area contributed by atoms with Crippen molar-refractivity contribution in [2.45, 2.75) is 0 Å². The van der Waals surface area contributed by atoms with E-state index in [1.165, 1.54) is 0 Å². The van der Waals surface area contributed by atoms with Gasteiger partial charge in [0.1, 0.15) is 0 Å².